The van der Waals surface area contributed by atoms with E-state index in [-0.39, 0.29) is 5.91 Å². The fourth-order valence-electron chi connectivity index (χ4n) is 2.35. The summed E-state index contributed by atoms with van der Waals surface area (Å²) < 4.78 is 1.70. The Morgan fingerprint density at radius 3 is 3.05 bits per heavy atom. The van der Waals surface area contributed by atoms with E-state index in [1.54, 1.807) is 11.0 Å². The maximum absolute atomic E-state index is 12.3. The average molecular weight is 334 g/mol. The van der Waals surface area contributed by atoms with Crippen LogP contribution in [0.5, 0.6) is 0 Å². The van der Waals surface area contributed by atoms with E-state index in [0.29, 0.717) is 10.8 Å². The summed E-state index contributed by atoms with van der Waals surface area (Å²) >= 11 is 3.92. The number of carbonyl (C=O) groups excluding carboxylic acids is 1. The van der Waals surface area contributed by atoms with Crippen LogP contribution < -0.4 is 5.32 Å². The van der Waals surface area contributed by atoms with E-state index < -0.39 is 0 Å². The number of rotatable bonds is 4. The van der Waals surface area contributed by atoms with Crippen LogP contribution in [0.2, 0.25) is 0 Å². The van der Waals surface area contributed by atoms with Crippen LogP contribution >= 0.6 is 23.5 Å². The third-order valence-corrected chi connectivity index (χ3v) is 6.34. The molecule has 1 aromatic carbocycles. The second-order valence-corrected chi connectivity index (χ2v) is 7.68. The van der Waals surface area contributed by atoms with Crippen LogP contribution in [0.4, 0.5) is 0 Å². The zero-order valence-corrected chi connectivity index (χ0v) is 14.0. The van der Waals surface area contributed by atoms with Crippen LogP contribution in [0.15, 0.2) is 30.9 Å². The second kappa shape index (κ2) is 7.19. The van der Waals surface area contributed by atoms with Crippen molar-refractivity contribution < 1.29 is 4.79 Å². The number of amides is 1. The monoisotopic (exact) mass is 334 g/mol. The molecule has 1 aliphatic rings. The van der Waals surface area contributed by atoms with Crippen LogP contribution in [0.1, 0.15) is 15.9 Å². The first-order valence-corrected chi connectivity index (χ1v) is 9.37. The van der Waals surface area contributed by atoms with Crippen molar-refractivity contribution in [1.82, 2.24) is 20.1 Å². The molecule has 1 amide bonds. The number of carbonyl (C=O) groups is 1. The number of nitrogens with zero attached hydrogens (tertiary/aromatic N) is 3. The van der Waals surface area contributed by atoms with Gasteiger partial charge < -0.3 is 5.32 Å². The van der Waals surface area contributed by atoms with Crippen molar-refractivity contribution >= 4 is 29.4 Å². The molecule has 22 heavy (non-hydrogen) atoms. The Morgan fingerprint density at radius 1 is 1.45 bits per heavy atom. The predicted molar refractivity (Wildman–Crippen MR) is 92.0 cm³/mol. The topological polar surface area (TPSA) is 59.8 Å². The van der Waals surface area contributed by atoms with Gasteiger partial charge in [0.05, 0.1) is 5.69 Å². The molecule has 1 aromatic heterocycles. The van der Waals surface area contributed by atoms with Crippen LogP contribution in [-0.2, 0) is 0 Å². The van der Waals surface area contributed by atoms with E-state index in [2.05, 4.69) is 15.4 Å². The van der Waals surface area contributed by atoms with Crippen LogP contribution in [-0.4, -0.2) is 49.7 Å². The maximum atomic E-state index is 12.3. The average Bonchev–Trinajstić information content (AvgIpc) is 3.07. The van der Waals surface area contributed by atoms with E-state index in [0.717, 1.165) is 23.5 Å². The zero-order chi connectivity index (χ0) is 15.4. The Bertz CT molecular complexity index is 639. The Kier molecular flexibility index (Phi) is 5.04. The normalized spacial score (nSPS) is 18.1. The molecule has 7 heteroatoms. The van der Waals surface area contributed by atoms with Gasteiger partial charge in [0, 0.05) is 34.6 Å². The summed E-state index contributed by atoms with van der Waals surface area (Å²) in [6.45, 7) is 2.71. The Morgan fingerprint density at radius 2 is 2.36 bits per heavy atom. The van der Waals surface area contributed by atoms with Crippen LogP contribution in [0, 0.1) is 6.92 Å². The highest BCUT2D eigenvalue weighted by molar-refractivity contribution is 8.06. The van der Waals surface area contributed by atoms with E-state index in [9.17, 15) is 4.79 Å². The van der Waals surface area contributed by atoms with Gasteiger partial charge in [0.2, 0.25) is 0 Å². The molecule has 1 fully saturated rings. The second-order valence-electron chi connectivity index (χ2n) is 5.12. The van der Waals surface area contributed by atoms with Crippen molar-refractivity contribution in [3.63, 3.8) is 0 Å². The van der Waals surface area contributed by atoms with Crippen molar-refractivity contribution in [2.75, 3.05) is 23.8 Å². The van der Waals surface area contributed by atoms with Gasteiger partial charge in [-0.2, -0.15) is 28.6 Å². The molecule has 1 aliphatic heterocycles. The Labute approximate surface area is 138 Å². The molecule has 0 saturated carbocycles. The number of aromatic nitrogens is 3. The molecule has 2 heterocycles. The number of nitrogens with one attached hydrogen (secondary N) is 1. The van der Waals surface area contributed by atoms with Gasteiger partial charge in [-0.3, -0.25) is 4.79 Å². The fourth-order valence-corrected chi connectivity index (χ4v) is 4.96. The number of thioether (sulfide) groups is 2. The molecule has 3 rings (SSSR count). The zero-order valence-electron chi connectivity index (χ0n) is 12.4. The lowest BCUT2D eigenvalue weighted by Crippen LogP contribution is -2.33. The molecule has 5 nitrogen and oxygen atoms in total. The Balaban J connectivity index is 1.64. The summed E-state index contributed by atoms with van der Waals surface area (Å²) in [4.78, 5) is 16.2. The minimum Gasteiger partial charge on any atom is -0.351 e. The van der Waals surface area contributed by atoms with Crippen molar-refractivity contribution in [3.05, 3.63) is 42.0 Å². The molecule has 0 radical (unpaired) electrons. The molecule has 0 bridgehead atoms. The van der Waals surface area contributed by atoms with E-state index in [1.807, 2.05) is 48.6 Å². The lowest BCUT2D eigenvalue weighted by Gasteiger charge is -2.21. The third-order valence-electron chi connectivity index (χ3n) is 3.50. The van der Waals surface area contributed by atoms with Crippen molar-refractivity contribution in [2.45, 2.75) is 12.2 Å². The van der Waals surface area contributed by atoms with E-state index in [1.165, 1.54) is 17.8 Å². The largest absolute Gasteiger partial charge is 0.351 e. The highest BCUT2D eigenvalue weighted by Crippen LogP contribution is 2.23. The molecular weight excluding hydrogens is 316 g/mol. The van der Waals surface area contributed by atoms with Gasteiger partial charge in [-0.25, -0.2) is 9.67 Å². The summed E-state index contributed by atoms with van der Waals surface area (Å²) in [5.74, 6) is 3.51. The van der Waals surface area contributed by atoms with E-state index >= 15 is 0 Å². The molecule has 0 spiro atoms. The van der Waals surface area contributed by atoms with Crippen molar-refractivity contribution in [2.24, 2.45) is 0 Å². The molecular formula is C15H18N4OS2. The predicted octanol–water partition coefficient (Wildman–Crippen LogP) is 2.15. The summed E-state index contributed by atoms with van der Waals surface area (Å²) in [6.07, 6.45) is 3.15. The summed E-state index contributed by atoms with van der Waals surface area (Å²) in [5.41, 5.74) is 2.63. The van der Waals surface area contributed by atoms with Gasteiger partial charge in [0.1, 0.15) is 12.7 Å². The van der Waals surface area contributed by atoms with Gasteiger partial charge in [0.15, 0.2) is 0 Å². The highest BCUT2D eigenvalue weighted by Gasteiger charge is 2.16. The number of hydrogen-bond donors (Lipinski definition) is 1. The maximum Gasteiger partial charge on any atom is 0.251 e. The molecule has 0 aliphatic carbocycles. The molecule has 2 aromatic rings. The van der Waals surface area contributed by atoms with Gasteiger partial charge >= 0.3 is 0 Å². The molecule has 1 atom stereocenters. The smallest absolute Gasteiger partial charge is 0.251 e. The number of aryl methyl sites for hydroxylation is 1. The molecule has 0 unspecified atom stereocenters. The lowest BCUT2D eigenvalue weighted by molar-refractivity contribution is 0.0954. The minimum absolute atomic E-state index is 0.00980. The number of hydrogen-bond acceptors (Lipinski definition) is 5. The van der Waals surface area contributed by atoms with E-state index in [4.69, 9.17) is 0 Å². The third kappa shape index (κ3) is 3.64. The number of benzene rings is 1. The minimum atomic E-state index is -0.00980. The molecule has 1 N–H and O–H groups in total. The first-order valence-electron chi connectivity index (χ1n) is 7.17. The Hall–Kier alpha value is -1.47. The first kappa shape index (κ1) is 15.4. The fraction of sp³-hybridized carbons (Fsp3) is 0.400. The van der Waals surface area contributed by atoms with Gasteiger partial charge in [-0.05, 0) is 30.7 Å². The first-order chi connectivity index (χ1) is 10.7. The SMILES string of the molecule is Cc1cc(C(=O)NC[C@H]2CSCCS2)ccc1-n1cncn1. The lowest BCUT2D eigenvalue weighted by atomic mass is 10.1. The quantitative estimate of drug-likeness (QED) is 0.928. The molecule has 116 valence electrons. The summed E-state index contributed by atoms with van der Waals surface area (Å²) in [6, 6.07) is 5.64. The van der Waals surface area contributed by atoms with Gasteiger partial charge in [-0.1, -0.05) is 0 Å². The highest BCUT2D eigenvalue weighted by atomic mass is 32.2. The van der Waals surface area contributed by atoms with Gasteiger partial charge in [-0.15, -0.1) is 0 Å². The summed E-state index contributed by atoms with van der Waals surface area (Å²) in [5, 5.41) is 7.69. The van der Waals surface area contributed by atoms with Crippen LogP contribution in [0.3, 0.4) is 0 Å². The standard InChI is InChI=1S/C15H18N4OS2/c1-11-6-12(2-3-14(11)19-10-16-9-18-19)15(20)17-7-13-8-21-4-5-22-13/h2-3,6,9-10,13H,4-5,7-8H2,1H3,(H,17,20)/t13-/m0/s1. The van der Waals surface area contributed by atoms with Crippen LogP contribution in [0.25, 0.3) is 5.69 Å². The van der Waals surface area contributed by atoms with Crippen molar-refractivity contribution in [1.29, 1.82) is 0 Å². The summed E-state index contributed by atoms with van der Waals surface area (Å²) in [7, 11) is 0. The van der Waals surface area contributed by atoms with Gasteiger partial charge in [0.25, 0.3) is 5.91 Å². The molecule has 1 saturated heterocycles. The van der Waals surface area contributed by atoms with Crippen molar-refractivity contribution in [3.8, 4) is 5.69 Å².